The first-order valence-corrected chi connectivity index (χ1v) is 6.80. The number of carbonyl (C=O) groups is 1. The molecule has 3 rings (SSSR count). The summed E-state index contributed by atoms with van der Waals surface area (Å²) in [5.41, 5.74) is 2.48. The fourth-order valence-corrected chi connectivity index (χ4v) is 2.75. The first kappa shape index (κ1) is 13.4. The quantitative estimate of drug-likeness (QED) is 0.679. The molecular weight excluding hydrogens is 274 g/mol. The lowest BCUT2D eigenvalue weighted by molar-refractivity contribution is -0.383. The number of aromatic amines is 1. The number of nitrogens with zero attached hydrogens (tertiary/aromatic N) is 2. The highest BCUT2D eigenvalue weighted by atomic mass is 16.6. The fourth-order valence-electron chi connectivity index (χ4n) is 2.75. The molecule has 0 atom stereocenters. The van der Waals surface area contributed by atoms with Crippen molar-refractivity contribution in [1.82, 2.24) is 9.88 Å². The van der Waals surface area contributed by atoms with Crippen LogP contribution in [0.3, 0.4) is 0 Å². The third kappa shape index (κ3) is 2.20. The summed E-state index contributed by atoms with van der Waals surface area (Å²) in [4.78, 5) is 27.3. The summed E-state index contributed by atoms with van der Waals surface area (Å²) in [6.07, 6.45) is 0.294. The average molecular weight is 289 g/mol. The van der Waals surface area contributed by atoms with Crippen molar-refractivity contribution in [3.8, 4) is 0 Å². The lowest BCUT2D eigenvalue weighted by Gasteiger charge is -2.26. The van der Waals surface area contributed by atoms with Crippen molar-refractivity contribution in [1.29, 1.82) is 0 Å². The van der Waals surface area contributed by atoms with E-state index in [2.05, 4.69) is 4.98 Å². The highest BCUT2D eigenvalue weighted by Gasteiger charge is 2.26. The predicted octanol–water partition coefficient (Wildman–Crippen LogP) is 2.59. The van der Waals surface area contributed by atoms with Crippen LogP contribution in [-0.4, -0.2) is 34.1 Å². The molecular formula is C14H15N3O4. The average Bonchev–Trinajstić information content (AvgIpc) is 2.84. The van der Waals surface area contributed by atoms with Gasteiger partial charge in [-0.1, -0.05) is 12.1 Å². The van der Waals surface area contributed by atoms with Crippen molar-refractivity contribution in [2.24, 2.45) is 0 Å². The molecule has 1 aromatic heterocycles. The lowest BCUT2D eigenvalue weighted by Crippen LogP contribution is -2.36. The number of H-pyrrole nitrogens is 1. The van der Waals surface area contributed by atoms with Gasteiger partial charge in [0, 0.05) is 35.7 Å². The number of nitro groups is 1. The summed E-state index contributed by atoms with van der Waals surface area (Å²) in [6.45, 7) is 3.06. The number of benzene rings is 1. The lowest BCUT2D eigenvalue weighted by atomic mass is 10.0. The molecule has 7 nitrogen and oxygen atoms in total. The van der Waals surface area contributed by atoms with Crippen LogP contribution in [-0.2, 0) is 17.7 Å². The van der Waals surface area contributed by atoms with Crippen molar-refractivity contribution in [3.63, 3.8) is 0 Å². The number of hydrogen-bond acceptors (Lipinski definition) is 4. The van der Waals surface area contributed by atoms with E-state index in [-0.39, 0.29) is 11.8 Å². The number of para-hydroxylation sites is 1. The minimum atomic E-state index is -0.395. The van der Waals surface area contributed by atoms with E-state index in [1.807, 2.05) is 6.07 Å². The van der Waals surface area contributed by atoms with Crippen LogP contribution >= 0.6 is 0 Å². The maximum atomic E-state index is 11.8. The summed E-state index contributed by atoms with van der Waals surface area (Å²) in [7, 11) is 0. The molecule has 110 valence electrons. The van der Waals surface area contributed by atoms with E-state index in [0.717, 1.165) is 16.6 Å². The van der Waals surface area contributed by atoms with Crippen LogP contribution in [0.5, 0.6) is 0 Å². The number of aromatic nitrogens is 1. The van der Waals surface area contributed by atoms with Crippen molar-refractivity contribution in [2.75, 3.05) is 13.2 Å². The van der Waals surface area contributed by atoms with Gasteiger partial charge in [-0.2, -0.15) is 0 Å². The Kier molecular flexibility index (Phi) is 3.25. The molecule has 1 aliphatic rings. The normalized spacial score (nSPS) is 14.0. The minimum absolute atomic E-state index is 0.0598. The van der Waals surface area contributed by atoms with Crippen LogP contribution in [0.4, 0.5) is 10.5 Å². The molecule has 0 bridgehead atoms. The first-order valence-electron chi connectivity index (χ1n) is 6.80. The Bertz CT molecular complexity index is 722. The van der Waals surface area contributed by atoms with Gasteiger partial charge in [0.05, 0.1) is 18.1 Å². The highest BCUT2D eigenvalue weighted by molar-refractivity contribution is 5.92. The molecule has 0 unspecified atom stereocenters. The molecule has 21 heavy (non-hydrogen) atoms. The standard InChI is InChI=1S/C14H15N3O4/c1-2-21-14(18)16-7-6-11-10(8-16)9-4-3-5-12(17(19)20)13(9)15-11/h3-5,15H,2,6-8H2,1H3. The Labute approximate surface area is 120 Å². The Morgan fingerprint density at radius 1 is 1.52 bits per heavy atom. The molecule has 0 spiro atoms. The Hall–Kier alpha value is -2.57. The first-order chi connectivity index (χ1) is 10.1. The van der Waals surface area contributed by atoms with Gasteiger partial charge in [-0.05, 0) is 6.92 Å². The zero-order chi connectivity index (χ0) is 15.0. The Morgan fingerprint density at radius 2 is 2.33 bits per heavy atom. The van der Waals surface area contributed by atoms with Crippen molar-refractivity contribution in [2.45, 2.75) is 19.9 Å². The molecule has 2 heterocycles. The zero-order valence-corrected chi connectivity index (χ0v) is 11.6. The second kappa shape index (κ2) is 5.08. The van der Waals surface area contributed by atoms with Gasteiger partial charge in [0.25, 0.3) is 5.69 Å². The molecule has 1 N–H and O–H groups in total. The Morgan fingerprint density at radius 3 is 3.05 bits per heavy atom. The van der Waals surface area contributed by atoms with E-state index in [1.165, 1.54) is 6.07 Å². The van der Waals surface area contributed by atoms with E-state index in [9.17, 15) is 14.9 Å². The molecule has 1 amide bonds. The highest BCUT2D eigenvalue weighted by Crippen LogP contribution is 2.32. The van der Waals surface area contributed by atoms with E-state index in [4.69, 9.17) is 4.74 Å². The van der Waals surface area contributed by atoms with Gasteiger partial charge in [-0.3, -0.25) is 10.1 Å². The smallest absolute Gasteiger partial charge is 0.410 e. The molecule has 0 saturated carbocycles. The number of non-ortho nitro benzene ring substituents is 1. The van der Waals surface area contributed by atoms with Crippen LogP contribution in [0.25, 0.3) is 10.9 Å². The monoisotopic (exact) mass is 289 g/mol. The zero-order valence-electron chi connectivity index (χ0n) is 11.6. The van der Waals surface area contributed by atoms with Gasteiger partial charge in [-0.15, -0.1) is 0 Å². The van der Waals surface area contributed by atoms with E-state index >= 15 is 0 Å². The molecule has 0 aliphatic carbocycles. The number of nitrogens with one attached hydrogen (secondary N) is 1. The van der Waals surface area contributed by atoms with Gasteiger partial charge in [-0.25, -0.2) is 4.79 Å². The molecule has 0 fully saturated rings. The van der Waals surface area contributed by atoms with Crippen LogP contribution in [0.1, 0.15) is 18.2 Å². The van der Waals surface area contributed by atoms with Gasteiger partial charge in [0.1, 0.15) is 5.52 Å². The van der Waals surface area contributed by atoms with Crippen LogP contribution < -0.4 is 0 Å². The molecule has 1 aromatic carbocycles. The van der Waals surface area contributed by atoms with Gasteiger partial charge in [0.15, 0.2) is 0 Å². The van der Waals surface area contributed by atoms with Crippen molar-refractivity contribution >= 4 is 22.7 Å². The van der Waals surface area contributed by atoms with Gasteiger partial charge >= 0.3 is 6.09 Å². The topological polar surface area (TPSA) is 88.5 Å². The molecule has 1 aliphatic heterocycles. The molecule has 0 saturated heterocycles. The van der Waals surface area contributed by atoms with E-state index in [0.29, 0.717) is 31.6 Å². The minimum Gasteiger partial charge on any atom is -0.450 e. The number of amides is 1. The SMILES string of the molecule is CCOC(=O)N1CCc2[nH]c3c([N+](=O)[O-])cccc3c2C1. The second-order valence-corrected chi connectivity index (χ2v) is 4.91. The summed E-state index contributed by atoms with van der Waals surface area (Å²) < 4.78 is 5.02. The number of carbonyl (C=O) groups excluding carboxylic acids is 1. The number of hydrogen-bond donors (Lipinski definition) is 1. The molecule has 0 radical (unpaired) electrons. The fraction of sp³-hybridized carbons (Fsp3) is 0.357. The third-order valence-corrected chi connectivity index (χ3v) is 3.71. The number of nitro benzene ring substituents is 1. The van der Waals surface area contributed by atoms with Gasteiger partial charge < -0.3 is 14.6 Å². The summed E-state index contributed by atoms with van der Waals surface area (Å²) >= 11 is 0. The number of fused-ring (bicyclic) bond motifs is 3. The molecule has 7 heteroatoms. The van der Waals surface area contributed by atoms with Crippen LogP contribution in [0, 0.1) is 10.1 Å². The van der Waals surface area contributed by atoms with Crippen LogP contribution in [0.2, 0.25) is 0 Å². The Balaban J connectivity index is 2.02. The van der Waals surface area contributed by atoms with Crippen molar-refractivity contribution in [3.05, 3.63) is 39.6 Å². The summed E-state index contributed by atoms with van der Waals surface area (Å²) in [5, 5.41) is 11.9. The third-order valence-electron chi connectivity index (χ3n) is 3.71. The summed E-state index contributed by atoms with van der Waals surface area (Å²) in [5.74, 6) is 0. The number of rotatable bonds is 2. The van der Waals surface area contributed by atoms with E-state index < -0.39 is 4.92 Å². The largest absolute Gasteiger partial charge is 0.450 e. The van der Waals surface area contributed by atoms with Crippen molar-refractivity contribution < 1.29 is 14.5 Å². The second-order valence-electron chi connectivity index (χ2n) is 4.91. The van der Waals surface area contributed by atoms with E-state index in [1.54, 1.807) is 17.9 Å². The maximum absolute atomic E-state index is 11.8. The van der Waals surface area contributed by atoms with Crippen LogP contribution in [0.15, 0.2) is 18.2 Å². The van der Waals surface area contributed by atoms with Gasteiger partial charge in [0.2, 0.25) is 0 Å². The summed E-state index contributed by atoms with van der Waals surface area (Å²) in [6, 6.07) is 4.98. The molecule has 2 aromatic rings. The maximum Gasteiger partial charge on any atom is 0.410 e. The predicted molar refractivity (Wildman–Crippen MR) is 76.1 cm³/mol. The number of ether oxygens (including phenoxy) is 1.